The molecule has 0 unspecified atom stereocenters. The minimum atomic E-state index is -0.735. The molecule has 0 amide bonds. The Balaban J connectivity index is 2.75. The highest BCUT2D eigenvalue weighted by atomic mass is 16.1. The smallest absolute Gasteiger partial charge is 0.149 e. The fourth-order valence-electron chi connectivity index (χ4n) is 1.14. The lowest BCUT2D eigenvalue weighted by Gasteiger charge is -2.20. The molecule has 2 N–H and O–H groups in total. The van der Waals surface area contributed by atoms with E-state index in [0.29, 0.717) is 6.42 Å². The van der Waals surface area contributed by atoms with E-state index in [9.17, 15) is 4.79 Å². The molecule has 0 radical (unpaired) electrons. The Morgan fingerprint density at radius 3 is 2.38 bits per heavy atom. The predicted octanol–water partition coefficient (Wildman–Crippen LogP) is 1.54. The largest absolute Gasteiger partial charge is 0.319 e. The third-order valence-corrected chi connectivity index (χ3v) is 2.22. The van der Waals surface area contributed by atoms with Gasteiger partial charge in [-0.2, -0.15) is 0 Å². The molecule has 0 saturated carbocycles. The van der Waals surface area contributed by atoms with Gasteiger partial charge >= 0.3 is 0 Å². The minimum absolute atomic E-state index is 0.0244. The van der Waals surface area contributed by atoms with Crippen LogP contribution in [0.1, 0.15) is 19.4 Å². The maximum absolute atomic E-state index is 11.1. The summed E-state index contributed by atoms with van der Waals surface area (Å²) in [7, 11) is 0. The monoisotopic (exact) mass is 177 g/mol. The second-order valence-corrected chi connectivity index (χ2v) is 3.64. The third-order valence-electron chi connectivity index (χ3n) is 2.22. The van der Waals surface area contributed by atoms with Gasteiger partial charge in [-0.1, -0.05) is 30.3 Å². The summed E-state index contributed by atoms with van der Waals surface area (Å²) in [6, 6.07) is 9.81. The Morgan fingerprint density at radius 2 is 1.92 bits per heavy atom. The van der Waals surface area contributed by atoms with Crippen molar-refractivity contribution in [1.82, 2.24) is 0 Å². The standard InChI is InChI=1S/C11H15NO/c1-9(13)11(2,12)8-10-6-4-3-5-7-10/h3-7H,8,12H2,1-2H3/t11-/m1/s1. The summed E-state index contributed by atoms with van der Waals surface area (Å²) >= 11 is 0. The molecule has 2 nitrogen and oxygen atoms in total. The van der Waals surface area contributed by atoms with Crippen LogP contribution in [0.2, 0.25) is 0 Å². The first kappa shape index (κ1) is 9.93. The molecule has 0 aromatic heterocycles. The molecule has 0 aliphatic rings. The number of benzene rings is 1. The van der Waals surface area contributed by atoms with Crippen molar-refractivity contribution in [2.75, 3.05) is 0 Å². The van der Waals surface area contributed by atoms with Crippen LogP contribution in [0.4, 0.5) is 0 Å². The van der Waals surface area contributed by atoms with Gasteiger partial charge < -0.3 is 5.73 Å². The number of nitrogens with two attached hydrogens (primary N) is 1. The number of carbonyl (C=O) groups excluding carboxylic acids is 1. The molecule has 70 valence electrons. The normalized spacial score (nSPS) is 15.0. The van der Waals surface area contributed by atoms with Gasteiger partial charge in [0, 0.05) is 0 Å². The lowest BCUT2D eigenvalue weighted by Crippen LogP contribution is -2.45. The first-order chi connectivity index (χ1) is 6.02. The fraction of sp³-hybridized carbons (Fsp3) is 0.364. The van der Waals surface area contributed by atoms with Gasteiger partial charge in [-0.25, -0.2) is 0 Å². The van der Waals surface area contributed by atoms with E-state index < -0.39 is 5.54 Å². The van der Waals surface area contributed by atoms with E-state index in [1.54, 1.807) is 6.92 Å². The molecule has 0 heterocycles. The highest BCUT2D eigenvalue weighted by Gasteiger charge is 2.24. The molecular formula is C11H15NO. The average molecular weight is 177 g/mol. The van der Waals surface area contributed by atoms with Crippen LogP contribution in [-0.4, -0.2) is 11.3 Å². The lowest BCUT2D eigenvalue weighted by atomic mass is 9.90. The molecule has 0 saturated heterocycles. The quantitative estimate of drug-likeness (QED) is 0.761. The van der Waals surface area contributed by atoms with Gasteiger partial charge in [-0.05, 0) is 25.8 Å². The zero-order valence-electron chi connectivity index (χ0n) is 8.08. The molecular weight excluding hydrogens is 162 g/mol. The summed E-state index contributed by atoms with van der Waals surface area (Å²) in [4.78, 5) is 11.1. The topological polar surface area (TPSA) is 43.1 Å². The third kappa shape index (κ3) is 2.67. The molecule has 0 spiro atoms. The van der Waals surface area contributed by atoms with Gasteiger partial charge in [0.25, 0.3) is 0 Å². The van der Waals surface area contributed by atoms with E-state index in [1.807, 2.05) is 30.3 Å². The summed E-state index contributed by atoms with van der Waals surface area (Å²) in [6.45, 7) is 3.30. The lowest BCUT2D eigenvalue weighted by molar-refractivity contribution is -0.121. The van der Waals surface area contributed by atoms with E-state index in [0.717, 1.165) is 5.56 Å². The van der Waals surface area contributed by atoms with Gasteiger partial charge in [0.2, 0.25) is 0 Å². The molecule has 0 aliphatic heterocycles. The van der Waals surface area contributed by atoms with Crippen LogP contribution in [-0.2, 0) is 11.2 Å². The van der Waals surface area contributed by atoms with Gasteiger partial charge in [-0.15, -0.1) is 0 Å². The van der Waals surface area contributed by atoms with Crippen molar-refractivity contribution >= 4 is 5.78 Å². The van der Waals surface area contributed by atoms with Crippen molar-refractivity contribution in [3.8, 4) is 0 Å². The zero-order valence-corrected chi connectivity index (χ0v) is 8.08. The van der Waals surface area contributed by atoms with E-state index >= 15 is 0 Å². The van der Waals surface area contributed by atoms with Crippen LogP contribution < -0.4 is 5.73 Å². The highest BCUT2D eigenvalue weighted by Crippen LogP contribution is 2.10. The second-order valence-electron chi connectivity index (χ2n) is 3.64. The van der Waals surface area contributed by atoms with Crippen LogP contribution in [0.3, 0.4) is 0 Å². The summed E-state index contributed by atoms with van der Waals surface area (Å²) < 4.78 is 0. The van der Waals surface area contributed by atoms with Crippen LogP contribution >= 0.6 is 0 Å². The van der Waals surface area contributed by atoms with Crippen LogP contribution in [0.5, 0.6) is 0 Å². The molecule has 1 aromatic carbocycles. The van der Waals surface area contributed by atoms with Gasteiger partial charge in [0.15, 0.2) is 0 Å². The number of carbonyl (C=O) groups is 1. The van der Waals surface area contributed by atoms with Crippen LogP contribution in [0.15, 0.2) is 30.3 Å². The Morgan fingerprint density at radius 1 is 1.38 bits per heavy atom. The van der Waals surface area contributed by atoms with E-state index in [4.69, 9.17) is 5.73 Å². The number of rotatable bonds is 3. The number of hydrogen-bond acceptors (Lipinski definition) is 2. The maximum atomic E-state index is 11.1. The highest BCUT2D eigenvalue weighted by molar-refractivity contribution is 5.85. The van der Waals surface area contributed by atoms with Crippen molar-refractivity contribution in [2.24, 2.45) is 5.73 Å². The molecule has 1 atom stereocenters. The number of hydrogen-bond donors (Lipinski definition) is 1. The first-order valence-electron chi connectivity index (χ1n) is 4.36. The van der Waals surface area contributed by atoms with E-state index in [2.05, 4.69) is 0 Å². The molecule has 0 bridgehead atoms. The van der Waals surface area contributed by atoms with Gasteiger partial charge in [0.05, 0.1) is 5.54 Å². The Bertz CT molecular complexity index is 290. The molecule has 0 fully saturated rings. The molecule has 1 aromatic rings. The predicted molar refractivity (Wildman–Crippen MR) is 53.4 cm³/mol. The zero-order chi connectivity index (χ0) is 9.90. The molecule has 0 aliphatic carbocycles. The van der Waals surface area contributed by atoms with Crippen LogP contribution in [0.25, 0.3) is 0 Å². The fourth-order valence-corrected chi connectivity index (χ4v) is 1.14. The number of ketones is 1. The van der Waals surface area contributed by atoms with E-state index in [1.165, 1.54) is 6.92 Å². The Kier molecular flexibility index (Phi) is 2.83. The van der Waals surface area contributed by atoms with Crippen molar-refractivity contribution in [1.29, 1.82) is 0 Å². The summed E-state index contributed by atoms with van der Waals surface area (Å²) in [5, 5.41) is 0. The van der Waals surface area contributed by atoms with Gasteiger partial charge in [-0.3, -0.25) is 4.79 Å². The number of Topliss-reactive ketones (excluding diaryl/α,β-unsaturated/α-hetero) is 1. The molecule has 1 rings (SSSR count). The molecule has 2 heteroatoms. The van der Waals surface area contributed by atoms with Crippen molar-refractivity contribution < 1.29 is 4.79 Å². The second kappa shape index (κ2) is 3.71. The summed E-state index contributed by atoms with van der Waals surface area (Å²) in [5.74, 6) is 0.0244. The van der Waals surface area contributed by atoms with Crippen molar-refractivity contribution in [3.05, 3.63) is 35.9 Å². The first-order valence-corrected chi connectivity index (χ1v) is 4.36. The van der Waals surface area contributed by atoms with Gasteiger partial charge in [0.1, 0.15) is 5.78 Å². The average Bonchev–Trinajstić information content (AvgIpc) is 2.05. The summed E-state index contributed by atoms with van der Waals surface area (Å²) in [5.41, 5.74) is 6.21. The maximum Gasteiger partial charge on any atom is 0.149 e. The Hall–Kier alpha value is -1.15. The van der Waals surface area contributed by atoms with Crippen molar-refractivity contribution in [2.45, 2.75) is 25.8 Å². The van der Waals surface area contributed by atoms with Crippen molar-refractivity contribution in [3.63, 3.8) is 0 Å². The Labute approximate surface area is 78.8 Å². The van der Waals surface area contributed by atoms with Crippen LogP contribution in [0, 0.1) is 0 Å². The van der Waals surface area contributed by atoms with E-state index in [-0.39, 0.29) is 5.78 Å². The SMILES string of the molecule is CC(=O)[C@](C)(N)Cc1ccccc1. The molecule has 13 heavy (non-hydrogen) atoms. The minimum Gasteiger partial charge on any atom is -0.319 e. The summed E-state index contributed by atoms with van der Waals surface area (Å²) in [6.07, 6.45) is 0.600.